The van der Waals surface area contributed by atoms with Crippen molar-refractivity contribution in [2.24, 2.45) is 0 Å². The van der Waals surface area contributed by atoms with Crippen molar-refractivity contribution in [2.45, 2.75) is 83.0 Å². The molecule has 4 amide bonds. The van der Waals surface area contributed by atoms with Gasteiger partial charge in [-0.25, -0.2) is 20.1 Å². The highest BCUT2D eigenvalue weighted by Gasteiger charge is 2.44. The molecule has 3 atom stereocenters. The van der Waals surface area contributed by atoms with E-state index in [0.717, 1.165) is 24.3 Å². The summed E-state index contributed by atoms with van der Waals surface area (Å²) in [6, 6.07) is -1.02. The predicted octanol–water partition coefficient (Wildman–Crippen LogP) is 1.87. The Kier molecular flexibility index (Phi) is 6.52. The standard InChI is InChI=1S/C19H32N4O6/c1-19(2,3)29-18(26)21-9-5-4-6-15(21)12-28-20-16(24)10-13-7-8-14-11-22(13)17(25)23(14)27/h13-15,27H,4-12H2,1-3H3,(H,20,24). The van der Waals surface area contributed by atoms with Gasteiger partial charge < -0.3 is 14.5 Å². The predicted molar refractivity (Wildman–Crippen MR) is 102 cm³/mol. The van der Waals surface area contributed by atoms with Crippen LogP contribution in [-0.4, -0.2) is 81.5 Å². The molecule has 0 aliphatic carbocycles. The van der Waals surface area contributed by atoms with E-state index >= 15 is 0 Å². The average Bonchev–Trinajstić information content (AvgIpc) is 2.88. The zero-order valence-electron chi connectivity index (χ0n) is 17.4. The number of hydroxylamine groups is 3. The second-order valence-corrected chi connectivity index (χ2v) is 9.03. The molecular formula is C19H32N4O6. The molecule has 0 spiro atoms. The third-order valence-electron chi connectivity index (χ3n) is 5.61. The second-order valence-electron chi connectivity index (χ2n) is 9.03. The van der Waals surface area contributed by atoms with Crippen molar-refractivity contribution in [1.29, 1.82) is 0 Å². The number of nitrogens with zero attached hydrogens (tertiary/aromatic N) is 3. The summed E-state index contributed by atoms with van der Waals surface area (Å²) in [6.07, 6.45) is 3.77. The van der Waals surface area contributed by atoms with Gasteiger partial charge in [-0.15, -0.1) is 0 Å². The first-order valence-electron chi connectivity index (χ1n) is 10.3. The zero-order valence-corrected chi connectivity index (χ0v) is 17.4. The number of rotatable bonds is 5. The van der Waals surface area contributed by atoms with E-state index in [1.807, 2.05) is 20.8 Å². The molecule has 3 heterocycles. The minimum atomic E-state index is -0.565. The van der Waals surface area contributed by atoms with Crippen LogP contribution in [0.15, 0.2) is 0 Å². The molecule has 2 N–H and O–H groups in total. The fourth-order valence-electron chi connectivity index (χ4n) is 4.15. The van der Waals surface area contributed by atoms with Crippen LogP contribution in [0.4, 0.5) is 9.59 Å². The SMILES string of the molecule is CC(C)(C)OC(=O)N1CCCCC1CONC(=O)CC1CCC2CN1C(=O)N2O. The number of piperidine rings is 2. The highest BCUT2D eigenvalue weighted by Crippen LogP contribution is 2.29. The maximum atomic E-state index is 12.4. The van der Waals surface area contributed by atoms with Crippen molar-refractivity contribution in [1.82, 2.24) is 20.3 Å². The number of hydrogen-bond donors (Lipinski definition) is 2. The monoisotopic (exact) mass is 412 g/mol. The number of urea groups is 1. The third-order valence-corrected chi connectivity index (χ3v) is 5.61. The van der Waals surface area contributed by atoms with Crippen LogP contribution < -0.4 is 5.48 Å². The summed E-state index contributed by atoms with van der Waals surface area (Å²) in [4.78, 5) is 45.3. The van der Waals surface area contributed by atoms with Gasteiger partial charge in [-0.1, -0.05) is 0 Å². The molecule has 0 aromatic carbocycles. The molecule has 3 unspecified atom stereocenters. The quantitative estimate of drug-likeness (QED) is 0.527. The lowest BCUT2D eigenvalue weighted by Gasteiger charge is -2.36. The molecule has 0 aromatic rings. The number of nitrogens with one attached hydrogen (secondary N) is 1. The molecule has 3 fully saturated rings. The van der Waals surface area contributed by atoms with Crippen LogP contribution in [-0.2, 0) is 14.4 Å². The first-order valence-corrected chi connectivity index (χ1v) is 10.3. The highest BCUT2D eigenvalue weighted by atomic mass is 16.7. The van der Waals surface area contributed by atoms with E-state index < -0.39 is 11.6 Å². The summed E-state index contributed by atoms with van der Waals surface area (Å²) < 4.78 is 5.46. The minimum absolute atomic E-state index is 0.118. The topological polar surface area (TPSA) is 112 Å². The molecule has 10 nitrogen and oxygen atoms in total. The molecule has 3 rings (SSSR count). The van der Waals surface area contributed by atoms with Crippen LogP contribution in [0.2, 0.25) is 0 Å². The van der Waals surface area contributed by atoms with Gasteiger partial charge >= 0.3 is 12.1 Å². The molecular weight excluding hydrogens is 380 g/mol. The Bertz CT molecular complexity index is 637. The van der Waals surface area contributed by atoms with Gasteiger partial charge in [0.05, 0.1) is 18.7 Å². The first kappa shape index (κ1) is 21.6. The molecule has 29 heavy (non-hydrogen) atoms. The van der Waals surface area contributed by atoms with Gasteiger partial charge in [0.2, 0.25) is 5.91 Å². The zero-order chi connectivity index (χ0) is 21.2. The normalized spacial score (nSPS) is 27.2. The van der Waals surface area contributed by atoms with Gasteiger partial charge in [-0.05, 0) is 52.9 Å². The summed E-state index contributed by atoms with van der Waals surface area (Å²) >= 11 is 0. The van der Waals surface area contributed by atoms with E-state index in [1.54, 1.807) is 9.80 Å². The Morgan fingerprint density at radius 3 is 2.66 bits per heavy atom. The number of carbonyl (C=O) groups is 3. The van der Waals surface area contributed by atoms with Gasteiger partial charge in [0.25, 0.3) is 0 Å². The summed E-state index contributed by atoms with van der Waals surface area (Å²) in [5.74, 6) is -0.322. The number of hydrogen-bond acceptors (Lipinski definition) is 6. The van der Waals surface area contributed by atoms with Crippen LogP contribution >= 0.6 is 0 Å². The van der Waals surface area contributed by atoms with Crippen LogP contribution in [0.3, 0.4) is 0 Å². The smallest absolute Gasteiger partial charge is 0.410 e. The van der Waals surface area contributed by atoms with Crippen molar-refractivity contribution < 1.29 is 29.2 Å². The number of ether oxygens (including phenoxy) is 1. The molecule has 164 valence electrons. The summed E-state index contributed by atoms with van der Waals surface area (Å²) in [5, 5.41) is 10.5. The van der Waals surface area contributed by atoms with Crippen molar-refractivity contribution in [3.05, 3.63) is 0 Å². The Hall–Kier alpha value is -2.07. The van der Waals surface area contributed by atoms with Crippen molar-refractivity contribution in [2.75, 3.05) is 19.7 Å². The van der Waals surface area contributed by atoms with Crippen LogP contribution in [0.1, 0.15) is 59.3 Å². The second kappa shape index (κ2) is 8.74. The first-order chi connectivity index (χ1) is 13.7. The highest BCUT2D eigenvalue weighted by molar-refractivity contribution is 5.79. The molecule has 0 aromatic heterocycles. The Morgan fingerprint density at radius 2 is 1.93 bits per heavy atom. The van der Waals surface area contributed by atoms with Crippen molar-refractivity contribution >= 4 is 18.0 Å². The number of likely N-dealkylation sites (tertiary alicyclic amines) is 1. The molecule has 0 radical (unpaired) electrons. The van der Waals surface area contributed by atoms with Gasteiger partial charge in [-0.3, -0.25) is 14.8 Å². The van der Waals surface area contributed by atoms with Crippen molar-refractivity contribution in [3.63, 3.8) is 0 Å². The summed E-state index contributed by atoms with van der Waals surface area (Å²) in [6.45, 7) is 6.72. The van der Waals surface area contributed by atoms with E-state index in [9.17, 15) is 19.6 Å². The summed E-state index contributed by atoms with van der Waals surface area (Å²) in [7, 11) is 0. The van der Waals surface area contributed by atoms with Crippen LogP contribution in [0.5, 0.6) is 0 Å². The molecule has 0 saturated carbocycles. The number of amides is 4. The third kappa shape index (κ3) is 5.30. The fraction of sp³-hybridized carbons (Fsp3) is 0.842. The van der Waals surface area contributed by atoms with E-state index in [2.05, 4.69) is 5.48 Å². The Labute approximate surface area is 171 Å². The molecule has 3 aliphatic rings. The molecule has 3 saturated heterocycles. The molecule has 2 bridgehead atoms. The van der Waals surface area contributed by atoms with Gasteiger partial charge in [0.15, 0.2) is 0 Å². The number of carbonyl (C=O) groups excluding carboxylic acids is 3. The Morgan fingerprint density at radius 1 is 1.17 bits per heavy atom. The van der Waals surface area contributed by atoms with E-state index in [-0.39, 0.29) is 43.2 Å². The minimum Gasteiger partial charge on any atom is -0.444 e. The van der Waals surface area contributed by atoms with Gasteiger partial charge in [0.1, 0.15) is 5.60 Å². The van der Waals surface area contributed by atoms with Crippen LogP contribution in [0, 0.1) is 0 Å². The maximum absolute atomic E-state index is 12.4. The summed E-state index contributed by atoms with van der Waals surface area (Å²) in [5.41, 5.74) is 1.87. The van der Waals surface area contributed by atoms with E-state index in [0.29, 0.717) is 25.9 Å². The maximum Gasteiger partial charge on any atom is 0.410 e. The molecule has 10 heteroatoms. The fourth-order valence-corrected chi connectivity index (χ4v) is 4.15. The van der Waals surface area contributed by atoms with E-state index in [1.165, 1.54) is 0 Å². The van der Waals surface area contributed by atoms with Gasteiger partial charge in [-0.2, -0.15) is 0 Å². The molecule has 3 aliphatic heterocycles. The van der Waals surface area contributed by atoms with Crippen molar-refractivity contribution in [3.8, 4) is 0 Å². The number of fused-ring (bicyclic) bond motifs is 2. The van der Waals surface area contributed by atoms with Crippen LogP contribution in [0.25, 0.3) is 0 Å². The lowest BCUT2D eigenvalue weighted by Crippen LogP contribution is -2.49. The average molecular weight is 412 g/mol. The lowest BCUT2D eigenvalue weighted by atomic mass is 9.98. The van der Waals surface area contributed by atoms with Gasteiger partial charge in [0, 0.05) is 25.6 Å². The largest absolute Gasteiger partial charge is 0.444 e. The Balaban J connectivity index is 1.44. The lowest BCUT2D eigenvalue weighted by molar-refractivity contribution is -0.136. The van der Waals surface area contributed by atoms with E-state index in [4.69, 9.17) is 9.57 Å².